The fourth-order valence-corrected chi connectivity index (χ4v) is 0.289. The molecule has 0 atom stereocenters. The lowest BCUT2D eigenvalue weighted by Gasteiger charge is -2.05. The molecule has 0 amide bonds. The zero-order chi connectivity index (χ0) is 7.86. The Morgan fingerprint density at radius 2 is 1.67 bits per heavy atom. The molecule has 0 saturated heterocycles. The Bertz CT molecular complexity index is 65.0. The van der Waals surface area contributed by atoms with Gasteiger partial charge in [-0.15, -0.1) is 0 Å². The highest BCUT2D eigenvalue weighted by atomic mass is 14.8. The third-order valence-corrected chi connectivity index (χ3v) is 1.02. The van der Waals surface area contributed by atoms with Crippen LogP contribution in [-0.4, -0.2) is 7.05 Å². The minimum Gasteiger partial charge on any atom is -0.392 e. The molecule has 1 heteroatoms. The van der Waals surface area contributed by atoms with Crippen molar-refractivity contribution < 1.29 is 0 Å². The van der Waals surface area contributed by atoms with Crippen LogP contribution in [0.3, 0.4) is 0 Å². The molecule has 0 fully saturated rings. The lowest BCUT2D eigenvalue weighted by Crippen LogP contribution is -2.09. The van der Waals surface area contributed by atoms with Gasteiger partial charge in [-0.25, -0.2) is 0 Å². The molecule has 0 aromatic carbocycles. The molecular formula is C8H19N. The molecule has 0 radical (unpaired) electrons. The van der Waals surface area contributed by atoms with Gasteiger partial charge in [0.1, 0.15) is 0 Å². The average molecular weight is 129 g/mol. The van der Waals surface area contributed by atoms with Gasteiger partial charge in [0, 0.05) is 12.7 Å². The van der Waals surface area contributed by atoms with Crippen LogP contribution < -0.4 is 5.32 Å². The van der Waals surface area contributed by atoms with Crippen molar-refractivity contribution in [1.29, 1.82) is 0 Å². The van der Waals surface area contributed by atoms with Gasteiger partial charge in [-0.05, 0) is 5.92 Å². The monoisotopic (exact) mass is 129 g/mol. The predicted molar refractivity (Wildman–Crippen MR) is 44.4 cm³/mol. The zero-order valence-electron chi connectivity index (χ0n) is 7.28. The van der Waals surface area contributed by atoms with Crippen LogP contribution >= 0.6 is 0 Å². The summed E-state index contributed by atoms with van der Waals surface area (Å²) in [6.07, 6.45) is 0. The third-order valence-electron chi connectivity index (χ3n) is 1.02. The van der Waals surface area contributed by atoms with Gasteiger partial charge in [0.2, 0.25) is 0 Å². The van der Waals surface area contributed by atoms with Crippen molar-refractivity contribution in [3.05, 3.63) is 12.3 Å². The molecule has 1 nitrogen and oxygen atoms in total. The molecule has 0 aliphatic heterocycles. The second-order valence-corrected chi connectivity index (χ2v) is 1.93. The normalized spacial score (nSPS) is 7.78. The van der Waals surface area contributed by atoms with E-state index in [4.69, 9.17) is 0 Å². The van der Waals surface area contributed by atoms with Gasteiger partial charge >= 0.3 is 0 Å². The van der Waals surface area contributed by atoms with Crippen molar-refractivity contribution in [2.75, 3.05) is 7.05 Å². The Labute approximate surface area is 59.2 Å². The maximum atomic E-state index is 3.76. The molecule has 0 aliphatic carbocycles. The summed E-state index contributed by atoms with van der Waals surface area (Å²) in [5, 5.41) is 2.97. The molecular weight excluding hydrogens is 110 g/mol. The van der Waals surface area contributed by atoms with E-state index in [0.29, 0.717) is 5.92 Å². The fraction of sp³-hybridized carbons (Fsp3) is 0.750. The SMILES string of the molecule is C=C(NC)C(C)C.CC. The number of hydrogen-bond acceptors (Lipinski definition) is 1. The first-order valence-electron chi connectivity index (χ1n) is 3.55. The smallest absolute Gasteiger partial charge is 0.00570 e. The summed E-state index contributed by atoms with van der Waals surface area (Å²) < 4.78 is 0. The molecule has 9 heavy (non-hydrogen) atoms. The van der Waals surface area contributed by atoms with E-state index in [0.717, 1.165) is 5.70 Å². The van der Waals surface area contributed by atoms with E-state index in [9.17, 15) is 0 Å². The molecule has 1 N–H and O–H groups in total. The zero-order valence-corrected chi connectivity index (χ0v) is 7.28. The molecule has 0 unspecified atom stereocenters. The molecule has 56 valence electrons. The second kappa shape index (κ2) is 7.54. The second-order valence-electron chi connectivity index (χ2n) is 1.93. The van der Waals surface area contributed by atoms with Gasteiger partial charge < -0.3 is 5.32 Å². The summed E-state index contributed by atoms with van der Waals surface area (Å²) in [5.41, 5.74) is 1.10. The quantitative estimate of drug-likeness (QED) is 0.603. The van der Waals surface area contributed by atoms with E-state index < -0.39 is 0 Å². The van der Waals surface area contributed by atoms with E-state index in [1.54, 1.807) is 0 Å². The maximum absolute atomic E-state index is 3.76. The maximum Gasteiger partial charge on any atom is 0.00570 e. The molecule has 0 bridgehead atoms. The van der Waals surface area contributed by atoms with Gasteiger partial charge in [0.15, 0.2) is 0 Å². The molecule has 0 aromatic heterocycles. The molecule has 0 heterocycles. The minimum atomic E-state index is 0.560. The number of hydrogen-bond donors (Lipinski definition) is 1. The van der Waals surface area contributed by atoms with Crippen LogP contribution in [0.1, 0.15) is 27.7 Å². The van der Waals surface area contributed by atoms with Crippen molar-refractivity contribution in [2.24, 2.45) is 5.92 Å². The van der Waals surface area contributed by atoms with Crippen molar-refractivity contribution >= 4 is 0 Å². The summed E-state index contributed by atoms with van der Waals surface area (Å²) in [4.78, 5) is 0. The first-order valence-corrected chi connectivity index (χ1v) is 3.55. The summed E-state index contributed by atoms with van der Waals surface area (Å²) in [6, 6.07) is 0. The Morgan fingerprint density at radius 1 is 1.33 bits per heavy atom. The van der Waals surface area contributed by atoms with Crippen LogP contribution in [0.4, 0.5) is 0 Å². The van der Waals surface area contributed by atoms with Gasteiger partial charge in [-0.2, -0.15) is 0 Å². The number of nitrogens with one attached hydrogen (secondary N) is 1. The molecule has 0 spiro atoms. The fourth-order valence-electron chi connectivity index (χ4n) is 0.289. The highest BCUT2D eigenvalue weighted by molar-refractivity contribution is 4.92. The summed E-state index contributed by atoms with van der Waals surface area (Å²) in [6.45, 7) is 12.0. The lowest BCUT2D eigenvalue weighted by molar-refractivity contribution is 0.704. The average Bonchev–Trinajstić information content (AvgIpc) is 1.91. The Kier molecular flexibility index (Phi) is 9.51. The molecule has 0 aliphatic rings. The predicted octanol–water partition coefficient (Wildman–Crippen LogP) is 2.40. The third kappa shape index (κ3) is 7.54. The van der Waals surface area contributed by atoms with Crippen molar-refractivity contribution in [3.8, 4) is 0 Å². The van der Waals surface area contributed by atoms with E-state index >= 15 is 0 Å². The van der Waals surface area contributed by atoms with Crippen molar-refractivity contribution in [1.82, 2.24) is 5.32 Å². The first-order chi connectivity index (χ1) is 4.18. The molecule has 0 aromatic rings. The topological polar surface area (TPSA) is 12.0 Å². The highest BCUT2D eigenvalue weighted by Crippen LogP contribution is 1.99. The van der Waals surface area contributed by atoms with Crippen LogP contribution in [0, 0.1) is 5.92 Å². The van der Waals surface area contributed by atoms with E-state index in [1.165, 1.54) is 0 Å². The lowest BCUT2D eigenvalue weighted by atomic mass is 10.2. The standard InChI is InChI=1S/C6H13N.C2H6/c1-5(2)6(3)7-4;1-2/h5,7H,3H2,1-2,4H3;1-2H3. The van der Waals surface area contributed by atoms with Crippen LogP contribution in [0.5, 0.6) is 0 Å². The van der Waals surface area contributed by atoms with Crippen LogP contribution in [0.25, 0.3) is 0 Å². The van der Waals surface area contributed by atoms with Gasteiger partial charge in [0.25, 0.3) is 0 Å². The molecule has 0 rings (SSSR count). The van der Waals surface area contributed by atoms with Crippen LogP contribution in [-0.2, 0) is 0 Å². The number of rotatable bonds is 2. The van der Waals surface area contributed by atoms with Crippen molar-refractivity contribution in [2.45, 2.75) is 27.7 Å². The Morgan fingerprint density at radius 3 is 1.67 bits per heavy atom. The summed E-state index contributed by atoms with van der Waals surface area (Å²) in [7, 11) is 1.89. The first kappa shape index (κ1) is 11.4. The number of allylic oxidation sites excluding steroid dienone is 1. The Hall–Kier alpha value is -0.460. The Balaban J connectivity index is 0. The summed E-state index contributed by atoms with van der Waals surface area (Å²) in [5.74, 6) is 0.560. The minimum absolute atomic E-state index is 0.560. The van der Waals surface area contributed by atoms with E-state index in [2.05, 4.69) is 25.7 Å². The van der Waals surface area contributed by atoms with Crippen molar-refractivity contribution in [3.63, 3.8) is 0 Å². The molecule has 0 saturated carbocycles. The van der Waals surface area contributed by atoms with Gasteiger partial charge in [0.05, 0.1) is 0 Å². The largest absolute Gasteiger partial charge is 0.392 e. The summed E-state index contributed by atoms with van der Waals surface area (Å²) >= 11 is 0. The highest BCUT2D eigenvalue weighted by Gasteiger charge is 1.92. The van der Waals surface area contributed by atoms with E-state index in [-0.39, 0.29) is 0 Å². The van der Waals surface area contributed by atoms with Crippen LogP contribution in [0.15, 0.2) is 12.3 Å². The van der Waals surface area contributed by atoms with Crippen LogP contribution in [0.2, 0.25) is 0 Å². The van der Waals surface area contributed by atoms with E-state index in [1.807, 2.05) is 20.9 Å². The van der Waals surface area contributed by atoms with Gasteiger partial charge in [-0.1, -0.05) is 34.3 Å². The van der Waals surface area contributed by atoms with Gasteiger partial charge in [-0.3, -0.25) is 0 Å².